The molecule has 0 saturated carbocycles. The van der Waals surface area contributed by atoms with Gasteiger partial charge in [-0.05, 0) is 34.5 Å². The van der Waals surface area contributed by atoms with Gasteiger partial charge in [0.05, 0.1) is 18.3 Å². The first kappa shape index (κ1) is 15.7. The van der Waals surface area contributed by atoms with Crippen LogP contribution in [0.3, 0.4) is 0 Å². The molecule has 0 aliphatic carbocycles. The maximum absolute atomic E-state index is 13.1. The van der Waals surface area contributed by atoms with Crippen LogP contribution in [-0.2, 0) is 4.79 Å². The standard InChI is InChI=1S/C15H18BrF2N3O/c16-11-3-1-2-4-13(11)21-6-5-10(8-21)20-14(22)12-7-15(17,18)9-19-12/h1-4,10,12,19H,5-9H2,(H,20,22). The maximum Gasteiger partial charge on any atom is 0.262 e. The lowest BCUT2D eigenvalue weighted by Gasteiger charge is -2.21. The van der Waals surface area contributed by atoms with Gasteiger partial charge in [-0.1, -0.05) is 12.1 Å². The molecule has 4 nitrogen and oxygen atoms in total. The van der Waals surface area contributed by atoms with E-state index in [9.17, 15) is 13.6 Å². The molecule has 0 bridgehead atoms. The van der Waals surface area contributed by atoms with Gasteiger partial charge in [0.25, 0.3) is 5.92 Å². The van der Waals surface area contributed by atoms with Crippen LogP contribution in [0.2, 0.25) is 0 Å². The molecule has 2 aliphatic heterocycles. The number of alkyl halides is 2. The lowest BCUT2D eigenvalue weighted by molar-refractivity contribution is -0.124. The number of carbonyl (C=O) groups is 1. The largest absolute Gasteiger partial charge is 0.368 e. The Labute approximate surface area is 136 Å². The third kappa shape index (κ3) is 3.41. The monoisotopic (exact) mass is 373 g/mol. The Bertz CT molecular complexity index is 569. The second kappa shape index (κ2) is 6.12. The van der Waals surface area contributed by atoms with Crippen molar-refractivity contribution >= 4 is 27.5 Å². The number of halogens is 3. The Balaban J connectivity index is 1.55. The first-order valence-electron chi connectivity index (χ1n) is 7.36. The molecule has 3 rings (SSSR count). The molecule has 0 radical (unpaired) electrons. The quantitative estimate of drug-likeness (QED) is 0.852. The highest BCUT2D eigenvalue weighted by Crippen LogP contribution is 2.29. The SMILES string of the molecule is O=C(NC1CCN(c2ccccc2Br)C1)C1CC(F)(F)CN1. The van der Waals surface area contributed by atoms with Crippen LogP contribution >= 0.6 is 15.9 Å². The molecule has 0 spiro atoms. The number of rotatable bonds is 3. The minimum absolute atomic E-state index is 0.00405. The van der Waals surface area contributed by atoms with E-state index in [2.05, 4.69) is 31.5 Å². The van der Waals surface area contributed by atoms with Crippen molar-refractivity contribution in [2.75, 3.05) is 24.5 Å². The number of hydrogen-bond acceptors (Lipinski definition) is 3. The number of benzene rings is 1. The number of nitrogens with zero attached hydrogens (tertiary/aromatic N) is 1. The Kier molecular flexibility index (Phi) is 4.36. The Morgan fingerprint density at radius 1 is 1.41 bits per heavy atom. The summed E-state index contributed by atoms with van der Waals surface area (Å²) < 4.78 is 27.3. The van der Waals surface area contributed by atoms with Gasteiger partial charge >= 0.3 is 0 Å². The Morgan fingerprint density at radius 3 is 2.86 bits per heavy atom. The van der Waals surface area contributed by atoms with Gasteiger partial charge in [-0.15, -0.1) is 0 Å². The number of amides is 1. The van der Waals surface area contributed by atoms with Crippen LogP contribution in [-0.4, -0.2) is 43.5 Å². The Morgan fingerprint density at radius 2 is 2.18 bits per heavy atom. The molecule has 2 heterocycles. The van der Waals surface area contributed by atoms with E-state index < -0.39 is 24.9 Å². The molecule has 2 unspecified atom stereocenters. The fraction of sp³-hybridized carbons (Fsp3) is 0.533. The highest BCUT2D eigenvalue weighted by atomic mass is 79.9. The fourth-order valence-electron chi connectivity index (χ4n) is 3.01. The molecular formula is C15H18BrF2N3O. The van der Waals surface area contributed by atoms with E-state index in [0.29, 0.717) is 6.54 Å². The van der Waals surface area contributed by atoms with E-state index in [1.165, 1.54) is 0 Å². The average molecular weight is 374 g/mol. The summed E-state index contributed by atoms with van der Waals surface area (Å²) in [6.45, 7) is 1.11. The second-order valence-corrected chi connectivity index (χ2v) is 6.74. The highest BCUT2D eigenvalue weighted by molar-refractivity contribution is 9.10. The third-order valence-electron chi connectivity index (χ3n) is 4.15. The smallest absolute Gasteiger partial charge is 0.262 e. The van der Waals surface area contributed by atoms with Crippen molar-refractivity contribution in [2.45, 2.75) is 30.8 Å². The summed E-state index contributed by atoms with van der Waals surface area (Å²) in [4.78, 5) is 14.3. The number of carbonyl (C=O) groups excluding carboxylic acids is 1. The summed E-state index contributed by atoms with van der Waals surface area (Å²) in [6.07, 6.45) is 0.399. The van der Waals surface area contributed by atoms with Crippen LogP contribution in [0.4, 0.5) is 14.5 Å². The van der Waals surface area contributed by atoms with Crippen molar-refractivity contribution in [1.82, 2.24) is 10.6 Å². The topological polar surface area (TPSA) is 44.4 Å². The molecule has 2 aliphatic rings. The van der Waals surface area contributed by atoms with Gasteiger partial charge in [-0.3, -0.25) is 10.1 Å². The van der Waals surface area contributed by atoms with Gasteiger partial charge in [0, 0.05) is 30.0 Å². The van der Waals surface area contributed by atoms with Crippen LogP contribution in [0.25, 0.3) is 0 Å². The van der Waals surface area contributed by atoms with Crippen LogP contribution in [0, 0.1) is 0 Å². The van der Waals surface area contributed by atoms with Crippen molar-refractivity contribution in [1.29, 1.82) is 0 Å². The van der Waals surface area contributed by atoms with Crippen molar-refractivity contribution in [2.24, 2.45) is 0 Å². The van der Waals surface area contributed by atoms with Crippen molar-refractivity contribution < 1.29 is 13.6 Å². The lowest BCUT2D eigenvalue weighted by atomic mass is 10.1. The summed E-state index contributed by atoms with van der Waals surface area (Å²) in [7, 11) is 0. The summed E-state index contributed by atoms with van der Waals surface area (Å²) >= 11 is 3.52. The van der Waals surface area contributed by atoms with Crippen LogP contribution in [0.15, 0.2) is 28.7 Å². The van der Waals surface area contributed by atoms with Crippen molar-refractivity contribution in [3.05, 3.63) is 28.7 Å². The van der Waals surface area contributed by atoms with Crippen molar-refractivity contribution in [3.63, 3.8) is 0 Å². The van der Waals surface area contributed by atoms with Gasteiger partial charge in [0.2, 0.25) is 5.91 Å². The number of hydrogen-bond donors (Lipinski definition) is 2. The van der Waals surface area contributed by atoms with E-state index in [0.717, 1.165) is 23.1 Å². The highest BCUT2D eigenvalue weighted by Gasteiger charge is 2.42. The normalized spacial score (nSPS) is 27.1. The minimum atomic E-state index is -2.78. The molecule has 22 heavy (non-hydrogen) atoms. The average Bonchev–Trinajstić information content (AvgIpc) is 3.06. The lowest BCUT2D eigenvalue weighted by Crippen LogP contribution is -2.46. The maximum atomic E-state index is 13.1. The molecule has 1 amide bonds. The van der Waals surface area contributed by atoms with Gasteiger partial charge in [-0.2, -0.15) is 0 Å². The van der Waals surface area contributed by atoms with Crippen LogP contribution < -0.4 is 15.5 Å². The minimum Gasteiger partial charge on any atom is -0.368 e. The molecule has 2 saturated heterocycles. The van der Waals surface area contributed by atoms with Gasteiger partial charge in [-0.25, -0.2) is 8.78 Å². The van der Waals surface area contributed by atoms with Crippen molar-refractivity contribution in [3.8, 4) is 0 Å². The molecular weight excluding hydrogens is 356 g/mol. The number of para-hydroxylation sites is 1. The molecule has 1 aromatic rings. The van der Waals surface area contributed by atoms with Crippen LogP contribution in [0.1, 0.15) is 12.8 Å². The molecule has 0 aromatic heterocycles. The van der Waals surface area contributed by atoms with Crippen LogP contribution in [0.5, 0.6) is 0 Å². The van der Waals surface area contributed by atoms with E-state index in [4.69, 9.17) is 0 Å². The van der Waals surface area contributed by atoms with E-state index in [1.54, 1.807) is 0 Å². The third-order valence-corrected chi connectivity index (χ3v) is 4.82. The van der Waals surface area contributed by atoms with Gasteiger partial charge in [0.15, 0.2) is 0 Å². The van der Waals surface area contributed by atoms with E-state index in [1.807, 2.05) is 24.3 Å². The molecule has 1 aromatic carbocycles. The Hall–Kier alpha value is -1.21. The zero-order chi connectivity index (χ0) is 15.7. The van der Waals surface area contributed by atoms with Gasteiger partial charge in [0.1, 0.15) is 0 Å². The van der Waals surface area contributed by atoms with Gasteiger partial charge < -0.3 is 10.2 Å². The molecule has 2 fully saturated rings. The summed E-state index contributed by atoms with van der Waals surface area (Å²) in [6, 6.07) is 7.13. The van der Waals surface area contributed by atoms with E-state index >= 15 is 0 Å². The van der Waals surface area contributed by atoms with E-state index in [-0.39, 0.29) is 11.9 Å². The first-order chi connectivity index (χ1) is 10.4. The molecule has 2 N–H and O–H groups in total. The summed E-state index contributed by atoms with van der Waals surface area (Å²) in [5, 5.41) is 5.48. The molecule has 7 heteroatoms. The molecule has 2 atom stereocenters. The number of nitrogens with one attached hydrogen (secondary N) is 2. The predicted octanol–water partition coefficient (Wildman–Crippen LogP) is 2.14. The number of anilines is 1. The first-order valence-corrected chi connectivity index (χ1v) is 8.15. The molecule has 120 valence electrons. The zero-order valence-electron chi connectivity index (χ0n) is 12.0. The fourth-order valence-corrected chi connectivity index (χ4v) is 3.54. The predicted molar refractivity (Wildman–Crippen MR) is 84.3 cm³/mol. The summed E-state index contributed by atoms with van der Waals surface area (Å²) in [5.74, 6) is -3.10. The zero-order valence-corrected chi connectivity index (χ0v) is 13.6. The summed E-state index contributed by atoms with van der Waals surface area (Å²) in [5.41, 5.74) is 1.09. The second-order valence-electron chi connectivity index (χ2n) is 5.89.